The fourth-order valence-electron chi connectivity index (χ4n) is 2.98. The first-order valence-corrected chi connectivity index (χ1v) is 9.11. The first kappa shape index (κ1) is 19.9. The third-order valence-corrected chi connectivity index (χ3v) is 4.42. The molecule has 0 radical (unpaired) electrons. The summed E-state index contributed by atoms with van der Waals surface area (Å²) in [5.41, 5.74) is 1.97. The molecule has 0 aromatic heterocycles. The van der Waals surface area contributed by atoms with Crippen molar-refractivity contribution in [2.75, 3.05) is 6.61 Å². The van der Waals surface area contributed by atoms with Gasteiger partial charge in [0.25, 0.3) is 0 Å². The highest BCUT2D eigenvalue weighted by Crippen LogP contribution is 2.35. The van der Waals surface area contributed by atoms with Gasteiger partial charge in [-0.3, -0.25) is 0 Å². The van der Waals surface area contributed by atoms with E-state index >= 15 is 0 Å². The van der Waals surface area contributed by atoms with Crippen molar-refractivity contribution in [3.05, 3.63) is 47.0 Å². The van der Waals surface area contributed by atoms with Crippen molar-refractivity contribution in [2.45, 2.75) is 52.1 Å². The summed E-state index contributed by atoms with van der Waals surface area (Å²) in [6.45, 7) is 4.14. The normalized spacial score (nSPS) is 12.1. The van der Waals surface area contributed by atoms with Gasteiger partial charge >= 0.3 is 0 Å². The van der Waals surface area contributed by atoms with Crippen LogP contribution in [-0.2, 0) is 12.8 Å². The Hall–Kier alpha value is -2.40. The average Bonchev–Trinajstić information content (AvgIpc) is 2.60. The number of rotatable bonds is 9. The maximum atomic E-state index is 10.4. The van der Waals surface area contributed by atoms with E-state index in [0.717, 1.165) is 30.4 Å². The Labute approximate surface area is 154 Å². The molecule has 0 spiro atoms. The van der Waals surface area contributed by atoms with Crippen LogP contribution in [0.15, 0.2) is 30.3 Å². The molecule has 0 saturated heterocycles. The lowest BCUT2D eigenvalue weighted by atomic mass is 10.0. The minimum Gasteiger partial charge on any atom is -0.507 e. The Bertz CT molecular complexity index is 725. The van der Waals surface area contributed by atoms with E-state index in [2.05, 4.69) is 0 Å². The van der Waals surface area contributed by atoms with Crippen LogP contribution in [-0.4, -0.2) is 27.0 Å². The molecule has 2 rings (SSSR count). The van der Waals surface area contributed by atoms with Gasteiger partial charge < -0.3 is 25.2 Å². The number of unbranched alkanes of at least 4 members (excludes halogenated alkanes) is 1. The molecule has 0 amide bonds. The van der Waals surface area contributed by atoms with Crippen molar-refractivity contribution < 1.29 is 25.2 Å². The molecule has 5 nitrogen and oxygen atoms in total. The van der Waals surface area contributed by atoms with E-state index in [0.29, 0.717) is 30.8 Å². The molecule has 26 heavy (non-hydrogen) atoms. The van der Waals surface area contributed by atoms with E-state index in [-0.39, 0.29) is 17.2 Å². The molecule has 4 N–H and O–H groups in total. The van der Waals surface area contributed by atoms with Crippen molar-refractivity contribution in [1.29, 1.82) is 0 Å². The van der Waals surface area contributed by atoms with Gasteiger partial charge in [-0.1, -0.05) is 25.5 Å². The van der Waals surface area contributed by atoms with Gasteiger partial charge in [0.1, 0.15) is 11.5 Å². The Morgan fingerprint density at radius 3 is 2.42 bits per heavy atom. The largest absolute Gasteiger partial charge is 0.507 e. The Kier molecular flexibility index (Phi) is 7.16. The zero-order valence-corrected chi connectivity index (χ0v) is 15.4. The number of aryl methyl sites for hydroxylation is 1. The second-order valence-corrected chi connectivity index (χ2v) is 6.50. The maximum absolute atomic E-state index is 10.4. The van der Waals surface area contributed by atoms with Crippen LogP contribution in [0.5, 0.6) is 23.0 Å². The van der Waals surface area contributed by atoms with Crippen molar-refractivity contribution >= 4 is 0 Å². The summed E-state index contributed by atoms with van der Waals surface area (Å²) in [5, 5.41) is 39.4. The van der Waals surface area contributed by atoms with Gasteiger partial charge in [0, 0.05) is 11.1 Å². The zero-order chi connectivity index (χ0) is 19.1. The first-order valence-electron chi connectivity index (χ1n) is 9.11. The molecule has 0 saturated carbocycles. The summed E-state index contributed by atoms with van der Waals surface area (Å²) >= 11 is 0. The van der Waals surface area contributed by atoms with Gasteiger partial charge in [0.05, 0.1) is 12.7 Å². The second kappa shape index (κ2) is 9.34. The summed E-state index contributed by atoms with van der Waals surface area (Å²) < 4.78 is 5.84. The van der Waals surface area contributed by atoms with Crippen LogP contribution >= 0.6 is 0 Å². The average molecular weight is 360 g/mol. The predicted octanol–water partition coefficient (Wildman–Crippen LogP) is 4.21. The lowest BCUT2D eigenvalue weighted by molar-refractivity contribution is 0.194. The summed E-state index contributed by atoms with van der Waals surface area (Å²) in [6, 6.07) is 8.46. The number of aromatic hydroxyl groups is 3. The summed E-state index contributed by atoms with van der Waals surface area (Å²) in [6.07, 6.45) is 3.05. The minimum atomic E-state index is -0.727. The quantitative estimate of drug-likeness (QED) is 0.397. The number of aliphatic hydroxyl groups excluding tert-OH is 1. The molecule has 0 bridgehead atoms. The highest BCUT2D eigenvalue weighted by atomic mass is 16.5. The van der Waals surface area contributed by atoms with Crippen LogP contribution in [0.1, 0.15) is 55.9 Å². The van der Waals surface area contributed by atoms with Crippen LogP contribution in [0.2, 0.25) is 0 Å². The van der Waals surface area contributed by atoms with E-state index in [4.69, 9.17) is 4.74 Å². The summed E-state index contributed by atoms with van der Waals surface area (Å²) in [7, 11) is 0. The van der Waals surface area contributed by atoms with Gasteiger partial charge in [-0.25, -0.2) is 0 Å². The number of phenols is 3. The molecular formula is C21H28O5. The van der Waals surface area contributed by atoms with E-state index in [1.807, 2.05) is 6.92 Å². The zero-order valence-electron chi connectivity index (χ0n) is 15.4. The smallest absolute Gasteiger partial charge is 0.160 e. The molecule has 1 atom stereocenters. The van der Waals surface area contributed by atoms with Crippen LogP contribution in [0, 0.1) is 0 Å². The Balaban J connectivity index is 1.93. The molecule has 5 heteroatoms. The number of hydrogen-bond donors (Lipinski definition) is 4. The molecule has 2 aromatic carbocycles. The molecule has 1 unspecified atom stereocenters. The number of phenolic OH excluding ortho intramolecular Hbond substituents is 3. The van der Waals surface area contributed by atoms with Crippen LogP contribution < -0.4 is 4.74 Å². The van der Waals surface area contributed by atoms with Crippen LogP contribution in [0.4, 0.5) is 0 Å². The van der Waals surface area contributed by atoms with Gasteiger partial charge in [0.15, 0.2) is 11.5 Å². The van der Waals surface area contributed by atoms with Crippen molar-refractivity contribution in [3.63, 3.8) is 0 Å². The lowest BCUT2D eigenvalue weighted by Crippen LogP contribution is -2.03. The number of ether oxygens (including phenoxy) is 1. The second-order valence-electron chi connectivity index (χ2n) is 6.50. The maximum Gasteiger partial charge on any atom is 0.160 e. The number of aliphatic hydroxyl groups is 1. The fourth-order valence-corrected chi connectivity index (χ4v) is 2.98. The first-order chi connectivity index (χ1) is 12.5. The van der Waals surface area contributed by atoms with Gasteiger partial charge in [-0.2, -0.15) is 0 Å². The number of benzene rings is 2. The topological polar surface area (TPSA) is 90.2 Å². The fraction of sp³-hybridized carbons (Fsp3) is 0.429. The van der Waals surface area contributed by atoms with E-state index < -0.39 is 6.10 Å². The Morgan fingerprint density at radius 1 is 0.962 bits per heavy atom. The van der Waals surface area contributed by atoms with Crippen LogP contribution in [0.3, 0.4) is 0 Å². The number of hydrogen-bond acceptors (Lipinski definition) is 5. The van der Waals surface area contributed by atoms with Crippen molar-refractivity contribution in [1.82, 2.24) is 0 Å². The highest BCUT2D eigenvalue weighted by Gasteiger charge is 2.16. The molecule has 0 heterocycles. The molecule has 0 aliphatic heterocycles. The van der Waals surface area contributed by atoms with Crippen molar-refractivity contribution in [2.24, 2.45) is 0 Å². The van der Waals surface area contributed by atoms with E-state index in [1.165, 1.54) is 6.07 Å². The van der Waals surface area contributed by atoms with E-state index in [1.54, 1.807) is 31.2 Å². The molecule has 142 valence electrons. The molecule has 0 aliphatic rings. The highest BCUT2D eigenvalue weighted by molar-refractivity contribution is 5.50. The molecular weight excluding hydrogens is 332 g/mol. The third kappa shape index (κ3) is 4.82. The molecule has 0 aliphatic carbocycles. The minimum absolute atomic E-state index is 0.0581. The SMILES string of the molecule is CCCc1c(OCCCCc2cccc(O)c2O)ccc(C(C)O)c1O. The third-order valence-electron chi connectivity index (χ3n) is 4.42. The predicted molar refractivity (Wildman–Crippen MR) is 101 cm³/mol. The standard InChI is InChI=1S/C21H28O5/c1-3-7-17-19(12-11-16(14(2)22)21(17)25)26-13-5-4-8-15-9-6-10-18(23)20(15)24/h6,9-12,14,22-25H,3-5,7-8,13H2,1-2H3. The van der Waals surface area contributed by atoms with Gasteiger partial charge in [-0.15, -0.1) is 0 Å². The van der Waals surface area contributed by atoms with Crippen molar-refractivity contribution in [3.8, 4) is 23.0 Å². The van der Waals surface area contributed by atoms with Gasteiger partial charge in [-0.05, 0) is 56.4 Å². The lowest BCUT2D eigenvalue weighted by Gasteiger charge is -2.16. The van der Waals surface area contributed by atoms with Crippen LogP contribution in [0.25, 0.3) is 0 Å². The summed E-state index contributed by atoms with van der Waals surface area (Å²) in [5.74, 6) is 0.604. The van der Waals surface area contributed by atoms with E-state index in [9.17, 15) is 20.4 Å². The summed E-state index contributed by atoms with van der Waals surface area (Å²) in [4.78, 5) is 0. The molecule has 0 fully saturated rings. The molecule has 2 aromatic rings. The number of para-hydroxylation sites is 1. The Morgan fingerprint density at radius 2 is 1.73 bits per heavy atom. The van der Waals surface area contributed by atoms with Gasteiger partial charge in [0.2, 0.25) is 0 Å². The monoisotopic (exact) mass is 360 g/mol.